The van der Waals surface area contributed by atoms with Gasteiger partial charge in [0.2, 0.25) is 5.91 Å². The van der Waals surface area contributed by atoms with Crippen LogP contribution in [0.1, 0.15) is 32.6 Å². The highest BCUT2D eigenvalue weighted by atomic mass is 16.5. The van der Waals surface area contributed by atoms with Crippen LogP contribution in [-0.4, -0.2) is 31.3 Å². The van der Waals surface area contributed by atoms with Crippen molar-refractivity contribution in [2.45, 2.75) is 44.8 Å². The van der Waals surface area contributed by atoms with Gasteiger partial charge in [-0.05, 0) is 25.7 Å². The highest BCUT2D eigenvalue weighted by molar-refractivity contribution is 5.78. The van der Waals surface area contributed by atoms with Gasteiger partial charge in [-0.2, -0.15) is 0 Å². The van der Waals surface area contributed by atoms with Crippen LogP contribution in [0.4, 0.5) is 0 Å². The molecule has 1 rings (SSSR count). The number of hydrogen-bond donors (Lipinski definition) is 1. The number of hydrogen-bond acceptors (Lipinski definition) is 3. The Morgan fingerprint density at radius 3 is 2.93 bits per heavy atom. The van der Waals surface area contributed by atoms with E-state index in [1.165, 1.54) is 6.42 Å². The van der Waals surface area contributed by atoms with Crippen LogP contribution in [0.15, 0.2) is 0 Å². The van der Waals surface area contributed by atoms with Gasteiger partial charge in [0.15, 0.2) is 0 Å². The second kappa shape index (κ2) is 5.98. The summed E-state index contributed by atoms with van der Waals surface area (Å²) >= 11 is 0. The summed E-state index contributed by atoms with van der Waals surface area (Å²) in [6.07, 6.45) is 3.65. The highest BCUT2D eigenvalue weighted by Crippen LogP contribution is 2.13. The highest BCUT2D eigenvalue weighted by Gasteiger charge is 2.18. The van der Waals surface area contributed by atoms with E-state index in [2.05, 4.69) is 0 Å². The molecule has 1 saturated heterocycles. The Morgan fingerprint density at radius 2 is 2.43 bits per heavy atom. The summed E-state index contributed by atoms with van der Waals surface area (Å²) < 4.78 is 10.9. The Bertz CT molecular complexity index is 178. The van der Waals surface area contributed by atoms with E-state index < -0.39 is 6.10 Å². The molecular formula is C10H19NO3. The number of carbonyl (C=O) groups is 1. The minimum Gasteiger partial charge on any atom is -0.376 e. The van der Waals surface area contributed by atoms with Crippen LogP contribution in [0, 0.1) is 0 Å². The Kier molecular flexibility index (Phi) is 4.90. The van der Waals surface area contributed by atoms with Crippen LogP contribution in [0.25, 0.3) is 0 Å². The molecule has 0 spiro atoms. The maximum atomic E-state index is 10.9. The molecule has 1 aliphatic rings. The molecule has 2 unspecified atom stereocenters. The first-order chi connectivity index (χ1) is 6.74. The Morgan fingerprint density at radius 1 is 1.64 bits per heavy atom. The van der Waals surface area contributed by atoms with Crippen molar-refractivity contribution >= 4 is 5.91 Å². The van der Waals surface area contributed by atoms with Gasteiger partial charge in [-0.15, -0.1) is 0 Å². The number of carbonyl (C=O) groups excluding carboxylic acids is 1. The molecule has 1 fully saturated rings. The Balaban J connectivity index is 2.20. The van der Waals surface area contributed by atoms with E-state index >= 15 is 0 Å². The molecule has 0 radical (unpaired) electrons. The van der Waals surface area contributed by atoms with E-state index in [1.54, 1.807) is 0 Å². The fourth-order valence-corrected chi connectivity index (χ4v) is 1.56. The minimum absolute atomic E-state index is 0.150. The predicted molar refractivity (Wildman–Crippen MR) is 52.8 cm³/mol. The Hall–Kier alpha value is -0.610. The molecule has 1 aliphatic heterocycles. The van der Waals surface area contributed by atoms with Gasteiger partial charge in [0.05, 0.1) is 12.7 Å². The third-order valence-corrected chi connectivity index (χ3v) is 2.45. The molecule has 1 heterocycles. The largest absolute Gasteiger partial charge is 0.376 e. The quantitative estimate of drug-likeness (QED) is 0.716. The zero-order chi connectivity index (χ0) is 10.4. The zero-order valence-electron chi connectivity index (χ0n) is 8.70. The minimum atomic E-state index is -0.458. The first-order valence-corrected chi connectivity index (χ1v) is 5.26. The lowest BCUT2D eigenvalue weighted by Gasteiger charge is -2.24. The second-order valence-corrected chi connectivity index (χ2v) is 3.62. The summed E-state index contributed by atoms with van der Waals surface area (Å²) in [5.74, 6) is -0.386. The SMILES string of the molecule is CCC(OCC1CCCCO1)C(N)=O. The van der Waals surface area contributed by atoms with E-state index in [9.17, 15) is 4.79 Å². The summed E-state index contributed by atoms with van der Waals surface area (Å²) in [5.41, 5.74) is 5.16. The zero-order valence-corrected chi connectivity index (χ0v) is 8.70. The standard InChI is InChI=1S/C10H19NO3/c1-2-9(10(11)12)14-7-8-5-3-4-6-13-8/h8-9H,2-7H2,1H3,(H2,11,12). The fraction of sp³-hybridized carbons (Fsp3) is 0.900. The summed E-state index contributed by atoms with van der Waals surface area (Å²) in [5, 5.41) is 0. The van der Waals surface area contributed by atoms with E-state index in [-0.39, 0.29) is 12.0 Å². The van der Waals surface area contributed by atoms with E-state index in [1.807, 2.05) is 6.92 Å². The van der Waals surface area contributed by atoms with Crippen LogP contribution in [-0.2, 0) is 14.3 Å². The first kappa shape index (κ1) is 11.5. The van der Waals surface area contributed by atoms with Gasteiger partial charge in [-0.3, -0.25) is 4.79 Å². The molecule has 0 aromatic heterocycles. The molecular weight excluding hydrogens is 182 g/mol. The number of amides is 1. The third kappa shape index (κ3) is 3.64. The van der Waals surface area contributed by atoms with Crippen molar-refractivity contribution in [1.29, 1.82) is 0 Å². The molecule has 14 heavy (non-hydrogen) atoms. The number of nitrogens with two attached hydrogens (primary N) is 1. The van der Waals surface area contributed by atoms with Crippen LogP contribution >= 0.6 is 0 Å². The normalized spacial score (nSPS) is 24.5. The number of primary amides is 1. The molecule has 1 amide bonds. The maximum absolute atomic E-state index is 10.9. The molecule has 2 atom stereocenters. The molecule has 2 N–H and O–H groups in total. The van der Waals surface area contributed by atoms with Crippen LogP contribution < -0.4 is 5.73 Å². The fourth-order valence-electron chi connectivity index (χ4n) is 1.56. The summed E-state index contributed by atoms with van der Waals surface area (Å²) in [4.78, 5) is 10.9. The lowest BCUT2D eigenvalue weighted by molar-refractivity contribution is -0.133. The van der Waals surface area contributed by atoms with Crippen LogP contribution in [0.5, 0.6) is 0 Å². The van der Waals surface area contributed by atoms with Gasteiger partial charge in [0.25, 0.3) is 0 Å². The third-order valence-electron chi connectivity index (χ3n) is 2.45. The lowest BCUT2D eigenvalue weighted by atomic mass is 10.1. The molecule has 0 bridgehead atoms. The molecule has 0 aromatic rings. The Labute approximate surface area is 84.7 Å². The second-order valence-electron chi connectivity index (χ2n) is 3.62. The van der Waals surface area contributed by atoms with Crippen molar-refractivity contribution in [3.8, 4) is 0 Å². The van der Waals surface area contributed by atoms with Gasteiger partial charge in [-0.1, -0.05) is 6.92 Å². The average Bonchev–Trinajstić information content (AvgIpc) is 2.20. The maximum Gasteiger partial charge on any atom is 0.246 e. The van der Waals surface area contributed by atoms with Crippen molar-refractivity contribution < 1.29 is 14.3 Å². The van der Waals surface area contributed by atoms with Gasteiger partial charge < -0.3 is 15.2 Å². The van der Waals surface area contributed by atoms with Gasteiger partial charge >= 0.3 is 0 Å². The lowest BCUT2D eigenvalue weighted by Crippen LogP contribution is -2.34. The van der Waals surface area contributed by atoms with Crippen molar-refractivity contribution in [3.63, 3.8) is 0 Å². The van der Waals surface area contributed by atoms with E-state index in [4.69, 9.17) is 15.2 Å². The molecule has 0 saturated carbocycles. The van der Waals surface area contributed by atoms with Crippen molar-refractivity contribution in [2.24, 2.45) is 5.73 Å². The molecule has 0 aliphatic carbocycles. The van der Waals surface area contributed by atoms with Crippen LogP contribution in [0.2, 0.25) is 0 Å². The topological polar surface area (TPSA) is 61.6 Å². The van der Waals surface area contributed by atoms with Gasteiger partial charge in [0.1, 0.15) is 6.10 Å². The predicted octanol–water partition coefficient (Wildman–Crippen LogP) is 0.836. The first-order valence-electron chi connectivity index (χ1n) is 5.26. The summed E-state index contributed by atoms with van der Waals surface area (Å²) in [7, 11) is 0. The summed E-state index contributed by atoms with van der Waals surface area (Å²) in [6, 6.07) is 0. The smallest absolute Gasteiger partial charge is 0.246 e. The van der Waals surface area contributed by atoms with E-state index in [0.29, 0.717) is 13.0 Å². The molecule has 82 valence electrons. The van der Waals surface area contributed by atoms with Crippen molar-refractivity contribution in [2.75, 3.05) is 13.2 Å². The summed E-state index contributed by atoms with van der Waals surface area (Å²) in [6.45, 7) is 3.18. The molecule has 4 heteroatoms. The van der Waals surface area contributed by atoms with Crippen LogP contribution in [0.3, 0.4) is 0 Å². The number of rotatable bonds is 5. The number of ether oxygens (including phenoxy) is 2. The molecule has 0 aromatic carbocycles. The monoisotopic (exact) mass is 201 g/mol. The van der Waals surface area contributed by atoms with Gasteiger partial charge in [-0.25, -0.2) is 0 Å². The average molecular weight is 201 g/mol. The molecule has 4 nitrogen and oxygen atoms in total. The van der Waals surface area contributed by atoms with E-state index in [0.717, 1.165) is 19.4 Å². The van der Waals surface area contributed by atoms with Crippen molar-refractivity contribution in [3.05, 3.63) is 0 Å². The van der Waals surface area contributed by atoms with Gasteiger partial charge in [0, 0.05) is 6.61 Å². The van der Waals surface area contributed by atoms with Crippen molar-refractivity contribution in [1.82, 2.24) is 0 Å².